The molecule has 0 amide bonds. The van der Waals surface area contributed by atoms with Crippen LogP contribution in [0.4, 0.5) is 0 Å². The van der Waals surface area contributed by atoms with Crippen molar-refractivity contribution in [2.24, 2.45) is 0 Å². The summed E-state index contributed by atoms with van der Waals surface area (Å²) in [5.41, 5.74) is 2.08. The highest BCUT2D eigenvalue weighted by molar-refractivity contribution is 5.71. The van der Waals surface area contributed by atoms with Crippen LogP contribution in [0.3, 0.4) is 0 Å². The van der Waals surface area contributed by atoms with Gasteiger partial charge in [0, 0.05) is 24.7 Å². The van der Waals surface area contributed by atoms with E-state index in [1.54, 1.807) is 0 Å². The van der Waals surface area contributed by atoms with Gasteiger partial charge in [0.15, 0.2) is 5.65 Å². The van der Waals surface area contributed by atoms with Gasteiger partial charge in [-0.1, -0.05) is 20.8 Å². The average Bonchev–Trinajstić information content (AvgIpc) is 3.03. The van der Waals surface area contributed by atoms with Crippen LogP contribution in [-0.2, 0) is 12.0 Å². The Morgan fingerprint density at radius 1 is 1.15 bits per heavy atom. The van der Waals surface area contributed by atoms with Crippen LogP contribution in [0.1, 0.15) is 39.4 Å². The zero-order chi connectivity index (χ0) is 14.2. The number of nitrogens with zero attached hydrogens (tertiary/aromatic N) is 4. The first kappa shape index (κ1) is 13.6. The standard InChI is InChI=1S/C16H24N4/c1-16(2,3)15-18-13-7-6-8-17-14(13)20(15)12-11-19-9-4-5-10-19/h6-8H,4-5,9-12H2,1-3H3. The van der Waals surface area contributed by atoms with Crippen molar-refractivity contribution in [2.75, 3.05) is 19.6 Å². The second-order valence-electron chi connectivity index (χ2n) is 6.73. The smallest absolute Gasteiger partial charge is 0.160 e. The van der Waals surface area contributed by atoms with Crippen LogP contribution < -0.4 is 0 Å². The maximum Gasteiger partial charge on any atom is 0.160 e. The molecule has 0 spiro atoms. The minimum absolute atomic E-state index is 0.0473. The Hall–Kier alpha value is -1.42. The third-order valence-electron chi connectivity index (χ3n) is 4.01. The zero-order valence-electron chi connectivity index (χ0n) is 12.8. The monoisotopic (exact) mass is 272 g/mol. The Balaban J connectivity index is 1.93. The van der Waals surface area contributed by atoms with Crippen LogP contribution >= 0.6 is 0 Å². The SMILES string of the molecule is CC(C)(C)c1nc2cccnc2n1CCN1CCCC1. The van der Waals surface area contributed by atoms with Crippen LogP contribution in [0.15, 0.2) is 18.3 Å². The van der Waals surface area contributed by atoms with Crippen molar-refractivity contribution in [1.82, 2.24) is 19.4 Å². The number of imidazole rings is 1. The molecule has 0 atom stereocenters. The first-order valence-electron chi connectivity index (χ1n) is 7.60. The zero-order valence-corrected chi connectivity index (χ0v) is 12.8. The molecule has 0 aliphatic carbocycles. The second-order valence-corrected chi connectivity index (χ2v) is 6.73. The Morgan fingerprint density at radius 2 is 1.90 bits per heavy atom. The molecule has 0 saturated carbocycles. The van der Waals surface area contributed by atoms with Gasteiger partial charge in [0.2, 0.25) is 0 Å². The van der Waals surface area contributed by atoms with Crippen molar-refractivity contribution >= 4 is 11.2 Å². The van der Waals surface area contributed by atoms with E-state index in [0.717, 1.165) is 30.1 Å². The third-order valence-corrected chi connectivity index (χ3v) is 4.01. The maximum absolute atomic E-state index is 4.81. The quantitative estimate of drug-likeness (QED) is 0.861. The van der Waals surface area contributed by atoms with Gasteiger partial charge in [0.25, 0.3) is 0 Å². The normalized spacial score (nSPS) is 17.1. The molecule has 108 valence electrons. The van der Waals surface area contributed by atoms with Gasteiger partial charge in [-0.05, 0) is 38.1 Å². The lowest BCUT2D eigenvalue weighted by Crippen LogP contribution is -2.27. The van der Waals surface area contributed by atoms with Crippen LogP contribution in [0.5, 0.6) is 0 Å². The molecular formula is C16H24N4. The van der Waals surface area contributed by atoms with Crippen LogP contribution in [-0.4, -0.2) is 39.1 Å². The van der Waals surface area contributed by atoms with Crippen molar-refractivity contribution in [2.45, 2.75) is 45.6 Å². The number of hydrogen-bond donors (Lipinski definition) is 0. The minimum atomic E-state index is 0.0473. The molecule has 0 unspecified atom stereocenters. The summed E-state index contributed by atoms with van der Waals surface area (Å²) in [5.74, 6) is 1.14. The molecule has 3 rings (SSSR count). The molecule has 1 fully saturated rings. The fourth-order valence-corrected chi connectivity index (χ4v) is 2.99. The summed E-state index contributed by atoms with van der Waals surface area (Å²) in [5, 5.41) is 0. The van der Waals surface area contributed by atoms with Crippen molar-refractivity contribution < 1.29 is 0 Å². The van der Waals surface area contributed by atoms with E-state index in [9.17, 15) is 0 Å². The molecule has 4 heteroatoms. The Bertz CT molecular complexity index is 588. The predicted octanol–water partition coefficient (Wildman–Crippen LogP) is 2.82. The Kier molecular flexibility index (Phi) is 3.50. The van der Waals surface area contributed by atoms with Crippen molar-refractivity contribution in [3.05, 3.63) is 24.2 Å². The summed E-state index contributed by atoms with van der Waals surface area (Å²) in [7, 11) is 0. The number of rotatable bonds is 3. The molecule has 3 heterocycles. The van der Waals surface area contributed by atoms with E-state index >= 15 is 0 Å². The lowest BCUT2D eigenvalue weighted by Gasteiger charge is -2.22. The lowest BCUT2D eigenvalue weighted by molar-refractivity contribution is 0.318. The minimum Gasteiger partial charge on any atom is -0.311 e. The number of aromatic nitrogens is 3. The molecule has 0 aromatic carbocycles. The van der Waals surface area contributed by atoms with E-state index in [2.05, 4.69) is 41.3 Å². The van der Waals surface area contributed by atoms with Crippen molar-refractivity contribution in [1.29, 1.82) is 0 Å². The van der Waals surface area contributed by atoms with Crippen LogP contribution in [0, 0.1) is 0 Å². The highest BCUT2D eigenvalue weighted by Crippen LogP contribution is 2.25. The van der Waals surface area contributed by atoms with E-state index < -0.39 is 0 Å². The molecule has 0 radical (unpaired) electrons. The highest BCUT2D eigenvalue weighted by atomic mass is 15.2. The first-order valence-corrected chi connectivity index (χ1v) is 7.60. The topological polar surface area (TPSA) is 34.0 Å². The van der Waals surface area contributed by atoms with Gasteiger partial charge < -0.3 is 9.47 Å². The van der Waals surface area contributed by atoms with Gasteiger partial charge in [0.1, 0.15) is 11.3 Å². The predicted molar refractivity (Wildman–Crippen MR) is 81.9 cm³/mol. The van der Waals surface area contributed by atoms with Crippen molar-refractivity contribution in [3.8, 4) is 0 Å². The highest BCUT2D eigenvalue weighted by Gasteiger charge is 2.23. The van der Waals surface area contributed by atoms with Gasteiger partial charge in [-0.2, -0.15) is 0 Å². The van der Waals surface area contributed by atoms with Gasteiger partial charge >= 0.3 is 0 Å². The summed E-state index contributed by atoms with van der Waals surface area (Å²) in [4.78, 5) is 11.9. The molecule has 4 nitrogen and oxygen atoms in total. The van der Waals surface area contributed by atoms with E-state index in [1.807, 2.05) is 12.3 Å². The number of likely N-dealkylation sites (tertiary alicyclic amines) is 1. The van der Waals surface area contributed by atoms with Crippen LogP contribution in [0.2, 0.25) is 0 Å². The van der Waals surface area contributed by atoms with Gasteiger partial charge in [-0.3, -0.25) is 0 Å². The molecule has 20 heavy (non-hydrogen) atoms. The maximum atomic E-state index is 4.81. The van der Waals surface area contributed by atoms with E-state index in [4.69, 9.17) is 4.98 Å². The second kappa shape index (κ2) is 5.17. The largest absolute Gasteiger partial charge is 0.311 e. The van der Waals surface area contributed by atoms with Gasteiger partial charge in [-0.15, -0.1) is 0 Å². The van der Waals surface area contributed by atoms with Crippen molar-refractivity contribution in [3.63, 3.8) is 0 Å². The molecule has 0 bridgehead atoms. The average molecular weight is 272 g/mol. The molecule has 2 aromatic heterocycles. The summed E-state index contributed by atoms with van der Waals surface area (Å²) in [6.45, 7) is 11.2. The third kappa shape index (κ3) is 2.57. The lowest BCUT2D eigenvalue weighted by atomic mass is 9.95. The molecule has 1 aliphatic heterocycles. The summed E-state index contributed by atoms with van der Waals surface area (Å²) < 4.78 is 2.31. The summed E-state index contributed by atoms with van der Waals surface area (Å²) in [6, 6.07) is 4.02. The van der Waals surface area contributed by atoms with E-state index in [0.29, 0.717) is 0 Å². The summed E-state index contributed by atoms with van der Waals surface area (Å²) >= 11 is 0. The van der Waals surface area contributed by atoms with E-state index in [-0.39, 0.29) is 5.41 Å². The molecule has 1 saturated heterocycles. The fourth-order valence-electron chi connectivity index (χ4n) is 2.99. The molecule has 2 aromatic rings. The Morgan fingerprint density at radius 3 is 2.60 bits per heavy atom. The molecular weight excluding hydrogens is 248 g/mol. The number of hydrogen-bond acceptors (Lipinski definition) is 3. The van der Waals surface area contributed by atoms with Crippen LogP contribution in [0.25, 0.3) is 11.2 Å². The number of pyridine rings is 1. The van der Waals surface area contributed by atoms with Gasteiger partial charge in [-0.25, -0.2) is 9.97 Å². The summed E-state index contributed by atoms with van der Waals surface area (Å²) in [6.07, 6.45) is 4.55. The van der Waals surface area contributed by atoms with E-state index in [1.165, 1.54) is 25.9 Å². The fraction of sp³-hybridized carbons (Fsp3) is 0.625. The Labute approximate surface area is 120 Å². The molecule has 0 N–H and O–H groups in total. The first-order chi connectivity index (χ1) is 9.55. The molecule has 1 aliphatic rings. The van der Waals surface area contributed by atoms with Gasteiger partial charge in [0.05, 0.1) is 0 Å². The number of fused-ring (bicyclic) bond motifs is 1.